The van der Waals surface area contributed by atoms with E-state index in [0.29, 0.717) is 12.1 Å². The van der Waals surface area contributed by atoms with E-state index in [2.05, 4.69) is 19.1 Å². The maximum atomic E-state index is 10.4. The molecule has 0 aliphatic heterocycles. The lowest BCUT2D eigenvalue weighted by molar-refractivity contribution is -0.404. The van der Waals surface area contributed by atoms with Crippen molar-refractivity contribution in [3.63, 3.8) is 0 Å². The van der Waals surface area contributed by atoms with Crippen LogP contribution in [0.5, 0.6) is 5.75 Å². The smallest absolute Gasteiger partial charge is 0.324 e. The number of aryl methyl sites for hydroxylation is 1. The molecule has 0 atom stereocenters. The maximum Gasteiger partial charge on any atom is 0.324 e. The van der Waals surface area contributed by atoms with Crippen LogP contribution in [0.15, 0.2) is 42.5 Å². The third-order valence-corrected chi connectivity index (χ3v) is 2.60. The Morgan fingerprint density at radius 3 is 1.52 bits per heavy atom. The zero-order valence-electron chi connectivity index (χ0n) is 11.8. The van der Waals surface area contributed by atoms with Gasteiger partial charge in [0.1, 0.15) is 0 Å². The van der Waals surface area contributed by atoms with Gasteiger partial charge < -0.3 is 5.11 Å². The van der Waals surface area contributed by atoms with Crippen molar-refractivity contribution in [2.45, 2.75) is 6.92 Å². The minimum absolute atomic E-state index is 0.447. The molecule has 0 fully saturated rings. The second-order valence-electron chi connectivity index (χ2n) is 4.26. The second kappa shape index (κ2) is 7.45. The van der Waals surface area contributed by atoms with E-state index >= 15 is 0 Å². The number of nitro groups is 3. The van der Waals surface area contributed by atoms with Crippen LogP contribution in [-0.4, -0.2) is 19.9 Å². The number of phenolic OH excluding ortho intramolecular Hbond substituents is 1. The van der Waals surface area contributed by atoms with Crippen LogP contribution in [0.2, 0.25) is 0 Å². The molecule has 0 bridgehead atoms. The molecular weight excluding hydrogens is 310 g/mol. The molecule has 120 valence electrons. The molecule has 0 radical (unpaired) electrons. The van der Waals surface area contributed by atoms with Gasteiger partial charge in [0.05, 0.1) is 26.9 Å². The number of aromatic hydroxyl groups is 1. The Morgan fingerprint density at radius 2 is 1.26 bits per heavy atom. The summed E-state index contributed by atoms with van der Waals surface area (Å²) in [6.07, 6.45) is 0. The molecule has 0 saturated carbocycles. The van der Waals surface area contributed by atoms with Gasteiger partial charge >= 0.3 is 11.4 Å². The summed E-state index contributed by atoms with van der Waals surface area (Å²) in [5, 5.41) is 40.2. The van der Waals surface area contributed by atoms with Crippen molar-refractivity contribution < 1.29 is 19.9 Å². The fraction of sp³-hybridized carbons (Fsp3) is 0.0769. The predicted molar refractivity (Wildman–Crippen MR) is 79.2 cm³/mol. The van der Waals surface area contributed by atoms with Crippen LogP contribution >= 0.6 is 0 Å². The summed E-state index contributed by atoms with van der Waals surface area (Å²) in [5.74, 6) is -1.21. The van der Waals surface area contributed by atoms with Crippen molar-refractivity contribution in [2.75, 3.05) is 0 Å². The summed E-state index contributed by atoms with van der Waals surface area (Å²) in [7, 11) is 0. The van der Waals surface area contributed by atoms with Gasteiger partial charge in [0.2, 0.25) is 0 Å². The first kappa shape index (κ1) is 17.5. The number of nitro benzene ring substituents is 3. The summed E-state index contributed by atoms with van der Waals surface area (Å²) < 4.78 is 0. The molecule has 1 N–H and O–H groups in total. The first-order valence-electron chi connectivity index (χ1n) is 6.06. The molecule has 10 heteroatoms. The number of hydrogen-bond donors (Lipinski definition) is 1. The van der Waals surface area contributed by atoms with Crippen molar-refractivity contribution >= 4 is 17.1 Å². The van der Waals surface area contributed by atoms with Crippen LogP contribution in [0.1, 0.15) is 5.56 Å². The van der Waals surface area contributed by atoms with E-state index in [1.807, 2.05) is 18.2 Å². The zero-order chi connectivity index (χ0) is 17.6. The first-order chi connectivity index (χ1) is 10.7. The maximum absolute atomic E-state index is 10.4. The monoisotopic (exact) mass is 321 g/mol. The fourth-order valence-corrected chi connectivity index (χ4v) is 1.51. The average molecular weight is 321 g/mol. The number of nitrogens with zero attached hydrogens (tertiary/aromatic N) is 3. The summed E-state index contributed by atoms with van der Waals surface area (Å²) >= 11 is 0. The molecule has 0 aliphatic rings. The van der Waals surface area contributed by atoms with E-state index in [1.165, 1.54) is 5.56 Å². The fourth-order valence-electron chi connectivity index (χ4n) is 1.51. The predicted octanol–water partition coefficient (Wildman–Crippen LogP) is 3.11. The number of non-ortho nitro benzene ring substituents is 1. The van der Waals surface area contributed by atoms with Crippen molar-refractivity contribution in [3.8, 4) is 5.75 Å². The van der Waals surface area contributed by atoms with Crippen molar-refractivity contribution in [1.82, 2.24) is 0 Å². The number of benzene rings is 2. The van der Waals surface area contributed by atoms with Crippen LogP contribution in [0.25, 0.3) is 0 Å². The average Bonchev–Trinajstić information content (AvgIpc) is 2.48. The molecule has 0 aromatic heterocycles. The standard InChI is InChI=1S/C7H8.C6H3N3O7/c1-7-5-3-2-4-6-7;10-6-4(8(13)14)1-3(7(11)12)2-5(6)9(15)16/h2-6H,1H3;1-2,10H. The molecule has 0 unspecified atom stereocenters. The lowest BCUT2D eigenvalue weighted by Crippen LogP contribution is -1.97. The normalized spacial score (nSPS) is 9.43. The minimum Gasteiger partial charge on any atom is -0.497 e. The Kier molecular flexibility index (Phi) is 5.66. The van der Waals surface area contributed by atoms with E-state index in [0.717, 1.165) is 0 Å². The van der Waals surface area contributed by atoms with Gasteiger partial charge in [-0.05, 0) is 6.92 Å². The third kappa shape index (κ3) is 4.74. The van der Waals surface area contributed by atoms with Gasteiger partial charge in [-0.15, -0.1) is 0 Å². The van der Waals surface area contributed by atoms with Crippen LogP contribution in [-0.2, 0) is 0 Å². The summed E-state index contributed by atoms with van der Waals surface area (Å²) in [6.45, 7) is 2.08. The van der Waals surface area contributed by atoms with Gasteiger partial charge in [0, 0.05) is 0 Å². The quantitative estimate of drug-likeness (QED) is 0.673. The molecule has 10 nitrogen and oxygen atoms in total. The Labute approximate surface area is 129 Å². The lowest BCUT2D eigenvalue weighted by Gasteiger charge is -1.97. The molecule has 0 spiro atoms. The molecule has 0 aliphatic carbocycles. The van der Waals surface area contributed by atoms with E-state index in [4.69, 9.17) is 5.11 Å². The molecule has 0 amide bonds. The van der Waals surface area contributed by atoms with Gasteiger partial charge in [-0.1, -0.05) is 35.9 Å². The lowest BCUT2D eigenvalue weighted by atomic mass is 10.2. The highest BCUT2D eigenvalue weighted by Crippen LogP contribution is 2.38. The van der Waals surface area contributed by atoms with Crippen LogP contribution < -0.4 is 0 Å². The Balaban J connectivity index is 0.000000313. The van der Waals surface area contributed by atoms with Gasteiger partial charge in [-0.2, -0.15) is 0 Å². The number of hydrogen-bond acceptors (Lipinski definition) is 7. The highest BCUT2D eigenvalue weighted by molar-refractivity contribution is 5.64. The first-order valence-corrected chi connectivity index (χ1v) is 6.06. The molecule has 2 aromatic rings. The molecule has 0 heterocycles. The topological polar surface area (TPSA) is 150 Å². The highest BCUT2D eigenvalue weighted by Gasteiger charge is 2.30. The second-order valence-corrected chi connectivity index (χ2v) is 4.26. The van der Waals surface area contributed by atoms with Crippen LogP contribution in [0.4, 0.5) is 17.1 Å². The van der Waals surface area contributed by atoms with Crippen molar-refractivity contribution in [3.05, 3.63) is 78.4 Å². The summed E-state index contributed by atoms with van der Waals surface area (Å²) in [6, 6.07) is 11.2. The van der Waals surface area contributed by atoms with Gasteiger partial charge in [-0.3, -0.25) is 30.3 Å². The van der Waals surface area contributed by atoms with E-state index < -0.39 is 37.6 Å². The van der Waals surface area contributed by atoms with Crippen LogP contribution in [0.3, 0.4) is 0 Å². The van der Waals surface area contributed by atoms with Crippen LogP contribution in [0, 0.1) is 37.3 Å². The van der Waals surface area contributed by atoms with E-state index in [1.54, 1.807) is 0 Å². The summed E-state index contributed by atoms with van der Waals surface area (Å²) in [5.41, 5.74) is -1.68. The Hall–Kier alpha value is -3.56. The number of phenols is 1. The van der Waals surface area contributed by atoms with Gasteiger partial charge in [0.15, 0.2) is 0 Å². The van der Waals surface area contributed by atoms with E-state index in [9.17, 15) is 30.3 Å². The molecule has 2 rings (SSSR count). The van der Waals surface area contributed by atoms with Crippen molar-refractivity contribution in [2.24, 2.45) is 0 Å². The molecule has 0 saturated heterocycles. The molecule has 2 aromatic carbocycles. The van der Waals surface area contributed by atoms with Gasteiger partial charge in [0.25, 0.3) is 11.4 Å². The minimum atomic E-state index is -1.21. The molecule has 23 heavy (non-hydrogen) atoms. The zero-order valence-corrected chi connectivity index (χ0v) is 11.8. The Morgan fingerprint density at radius 1 is 0.826 bits per heavy atom. The SMILES string of the molecule is Cc1ccccc1.O=[N+]([O-])c1cc([N+](=O)[O-])c(O)c([N+](=O)[O-])c1. The Bertz CT molecular complexity index is 711. The third-order valence-electron chi connectivity index (χ3n) is 2.60. The van der Waals surface area contributed by atoms with Crippen molar-refractivity contribution in [1.29, 1.82) is 0 Å². The largest absolute Gasteiger partial charge is 0.497 e. The number of rotatable bonds is 3. The van der Waals surface area contributed by atoms with E-state index in [-0.39, 0.29) is 0 Å². The molecular formula is C13H11N3O7. The highest BCUT2D eigenvalue weighted by atomic mass is 16.6. The van der Waals surface area contributed by atoms with Gasteiger partial charge in [-0.25, -0.2) is 0 Å². The summed E-state index contributed by atoms with van der Waals surface area (Å²) in [4.78, 5) is 27.8.